The minimum absolute atomic E-state index is 0.0145. The molecule has 1 aromatic carbocycles. The lowest BCUT2D eigenvalue weighted by Crippen LogP contribution is -2.42. The summed E-state index contributed by atoms with van der Waals surface area (Å²) in [5.74, 6) is 0.444. The number of nitrogens with zero attached hydrogens (tertiary/aromatic N) is 3. The number of thiocarbonyl (C=S) groups is 2. The summed E-state index contributed by atoms with van der Waals surface area (Å²) in [5, 5.41) is 0. The highest BCUT2D eigenvalue weighted by atomic mass is 32.2. The van der Waals surface area contributed by atoms with E-state index in [0.717, 1.165) is 10.3 Å². The topological polar surface area (TPSA) is 71.9 Å². The second-order valence-corrected chi connectivity index (χ2v) is 10.1. The Hall–Kier alpha value is -2.21. The summed E-state index contributed by atoms with van der Waals surface area (Å²) < 4.78 is 1.79. The molecule has 0 atom stereocenters. The Morgan fingerprint density at radius 3 is 2.10 bits per heavy atom. The molecule has 0 radical (unpaired) electrons. The summed E-state index contributed by atoms with van der Waals surface area (Å²) in [6, 6.07) is 12.0. The number of hydrogen-bond acceptors (Lipinski definition) is 8. The lowest BCUT2D eigenvalue weighted by atomic mass is 10.2. The van der Waals surface area contributed by atoms with Gasteiger partial charge in [0, 0.05) is 24.6 Å². The molecule has 0 unspecified atom stereocenters. The van der Waals surface area contributed by atoms with Gasteiger partial charge in [0.2, 0.25) is 0 Å². The first-order chi connectivity index (χ1) is 15.0. The molecular formula is C20H17N3O4S4. The number of amides is 2. The van der Waals surface area contributed by atoms with Gasteiger partial charge in [-0.05, 0) is 17.7 Å². The van der Waals surface area contributed by atoms with E-state index in [9.17, 15) is 14.4 Å². The monoisotopic (exact) mass is 491 g/mol. The number of thioether (sulfide) groups is 2. The van der Waals surface area contributed by atoms with Crippen LogP contribution >= 0.6 is 48.0 Å². The van der Waals surface area contributed by atoms with Gasteiger partial charge in [0.15, 0.2) is 0 Å². The lowest BCUT2D eigenvalue weighted by Gasteiger charge is -2.20. The van der Waals surface area contributed by atoms with Gasteiger partial charge in [-0.2, -0.15) is 0 Å². The SMILES string of the molecule is O=C(c1ccc(C(=O)N2CCSC2=S)n(OCc2ccccc2)c1=O)N1CCSC1=S. The van der Waals surface area contributed by atoms with Crippen LogP contribution < -0.4 is 10.4 Å². The highest BCUT2D eigenvalue weighted by molar-refractivity contribution is 8.23. The zero-order valence-electron chi connectivity index (χ0n) is 16.2. The van der Waals surface area contributed by atoms with Gasteiger partial charge in [-0.25, -0.2) is 0 Å². The smallest absolute Gasteiger partial charge is 0.296 e. The van der Waals surface area contributed by atoms with Crippen molar-refractivity contribution in [1.29, 1.82) is 0 Å². The first-order valence-electron chi connectivity index (χ1n) is 9.38. The molecule has 7 nitrogen and oxygen atoms in total. The van der Waals surface area contributed by atoms with Crippen LogP contribution in [0.3, 0.4) is 0 Å². The van der Waals surface area contributed by atoms with Gasteiger partial charge < -0.3 is 4.84 Å². The van der Waals surface area contributed by atoms with E-state index >= 15 is 0 Å². The molecule has 4 rings (SSSR count). The van der Waals surface area contributed by atoms with E-state index in [1.165, 1.54) is 45.5 Å². The fourth-order valence-electron chi connectivity index (χ4n) is 3.12. The van der Waals surface area contributed by atoms with Crippen molar-refractivity contribution in [3.05, 3.63) is 69.6 Å². The molecule has 2 saturated heterocycles. The van der Waals surface area contributed by atoms with Gasteiger partial charge in [-0.15, -0.1) is 4.73 Å². The van der Waals surface area contributed by atoms with Crippen LogP contribution in [-0.2, 0) is 6.61 Å². The van der Waals surface area contributed by atoms with Crippen LogP contribution in [-0.4, -0.2) is 59.6 Å². The standard InChI is InChI=1S/C20H17N3O4S4/c24-16(21-8-10-30-19(21)28)14-6-7-15(18(26)22-9-11-31-20(22)29)23(17(14)25)27-12-13-4-2-1-3-5-13/h1-7H,8-12H2. The van der Waals surface area contributed by atoms with Crippen LogP contribution in [0.15, 0.2) is 47.3 Å². The van der Waals surface area contributed by atoms with Crippen molar-refractivity contribution in [2.24, 2.45) is 0 Å². The van der Waals surface area contributed by atoms with Crippen LogP contribution in [0.2, 0.25) is 0 Å². The molecule has 2 aliphatic rings. The molecule has 0 N–H and O–H groups in total. The second-order valence-electron chi connectivity index (χ2n) is 6.63. The Kier molecular flexibility index (Phi) is 6.75. The summed E-state index contributed by atoms with van der Waals surface area (Å²) in [4.78, 5) is 47.9. The number of carbonyl (C=O) groups is 2. The summed E-state index contributed by atoms with van der Waals surface area (Å²) in [6.07, 6.45) is 0. The number of carbonyl (C=O) groups excluding carboxylic acids is 2. The van der Waals surface area contributed by atoms with E-state index in [-0.39, 0.29) is 17.9 Å². The first kappa shape index (κ1) is 22.0. The molecule has 3 heterocycles. The third-order valence-electron chi connectivity index (χ3n) is 4.71. The van der Waals surface area contributed by atoms with Gasteiger partial charge in [0.05, 0.1) is 0 Å². The van der Waals surface area contributed by atoms with Crippen LogP contribution in [0.25, 0.3) is 0 Å². The molecule has 31 heavy (non-hydrogen) atoms. The Labute approximate surface area is 197 Å². The fourth-order valence-corrected chi connectivity index (χ4v) is 5.53. The van der Waals surface area contributed by atoms with Crippen LogP contribution in [0.5, 0.6) is 0 Å². The zero-order valence-corrected chi connectivity index (χ0v) is 19.5. The van der Waals surface area contributed by atoms with Crippen LogP contribution in [0.4, 0.5) is 0 Å². The van der Waals surface area contributed by atoms with E-state index in [4.69, 9.17) is 29.3 Å². The van der Waals surface area contributed by atoms with Gasteiger partial charge in [0.1, 0.15) is 26.5 Å². The molecule has 2 amide bonds. The quantitative estimate of drug-likeness (QED) is 0.591. The zero-order chi connectivity index (χ0) is 22.0. The van der Waals surface area contributed by atoms with Crippen LogP contribution in [0.1, 0.15) is 26.4 Å². The average molecular weight is 492 g/mol. The molecule has 0 bridgehead atoms. The number of pyridine rings is 1. The summed E-state index contributed by atoms with van der Waals surface area (Å²) in [5.41, 5.74) is 0.0201. The third kappa shape index (κ3) is 4.54. The third-order valence-corrected chi connectivity index (χ3v) is 7.56. The average Bonchev–Trinajstić information content (AvgIpc) is 3.40. The number of benzene rings is 1. The van der Waals surface area contributed by atoms with Crippen LogP contribution in [0, 0.1) is 0 Å². The summed E-state index contributed by atoms with van der Waals surface area (Å²) >= 11 is 13.3. The van der Waals surface area contributed by atoms with Gasteiger partial charge >= 0.3 is 0 Å². The number of hydrogen-bond donors (Lipinski definition) is 0. The highest BCUT2D eigenvalue weighted by Gasteiger charge is 2.31. The maximum absolute atomic E-state index is 13.2. The normalized spacial score (nSPS) is 16.1. The van der Waals surface area contributed by atoms with Crippen molar-refractivity contribution >= 4 is 68.4 Å². The maximum atomic E-state index is 13.2. The summed E-state index contributed by atoms with van der Waals surface area (Å²) in [6.45, 7) is 0.942. The van der Waals surface area contributed by atoms with Crippen molar-refractivity contribution in [2.45, 2.75) is 6.61 Å². The molecule has 0 aliphatic carbocycles. The molecule has 2 aliphatic heterocycles. The molecule has 0 saturated carbocycles. The Morgan fingerprint density at radius 2 is 1.52 bits per heavy atom. The van der Waals surface area contributed by atoms with Crippen molar-refractivity contribution in [2.75, 3.05) is 24.6 Å². The predicted octanol–water partition coefficient (Wildman–Crippen LogP) is 2.42. The number of aromatic nitrogens is 1. The molecular weight excluding hydrogens is 475 g/mol. The highest BCUT2D eigenvalue weighted by Crippen LogP contribution is 2.22. The molecule has 2 aromatic rings. The van der Waals surface area contributed by atoms with Crippen molar-refractivity contribution in [3.63, 3.8) is 0 Å². The van der Waals surface area contributed by atoms with Crippen molar-refractivity contribution in [1.82, 2.24) is 14.5 Å². The Morgan fingerprint density at radius 1 is 0.903 bits per heavy atom. The van der Waals surface area contributed by atoms with E-state index < -0.39 is 17.4 Å². The predicted molar refractivity (Wildman–Crippen MR) is 130 cm³/mol. The van der Waals surface area contributed by atoms with E-state index in [1.807, 2.05) is 30.3 Å². The Balaban J connectivity index is 1.71. The molecule has 2 fully saturated rings. The van der Waals surface area contributed by atoms with E-state index in [2.05, 4.69) is 0 Å². The van der Waals surface area contributed by atoms with Gasteiger partial charge in [-0.1, -0.05) is 78.3 Å². The van der Waals surface area contributed by atoms with Gasteiger partial charge in [0.25, 0.3) is 17.4 Å². The van der Waals surface area contributed by atoms with Crippen molar-refractivity contribution < 1.29 is 14.4 Å². The van der Waals surface area contributed by atoms with Crippen molar-refractivity contribution in [3.8, 4) is 0 Å². The summed E-state index contributed by atoms with van der Waals surface area (Å²) in [7, 11) is 0. The lowest BCUT2D eigenvalue weighted by molar-refractivity contribution is 0.0640. The molecule has 160 valence electrons. The second kappa shape index (κ2) is 9.51. The van der Waals surface area contributed by atoms with E-state index in [1.54, 1.807) is 0 Å². The minimum atomic E-state index is -0.704. The number of rotatable bonds is 5. The first-order valence-corrected chi connectivity index (χ1v) is 12.2. The van der Waals surface area contributed by atoms with Gasteiger partial charge in [-0.3, -0.25) is 24.2 Å². The molecule has 0 spiro atoms. The molecule has 11 heteroatoms. The maximum Gasteiger partial charge on any atom is 0.296 e. The minimum Gasteiger partial charge on any atom is -0.405 e. The Bertz CT molecular complexity index is 1120. The fraction of sp³-hybridized carbons (Fsp3) is 0.250. The largest absolute Gasteiger partial charge is 0.405 e. The molecule has 1 aromatic heterocycles. The van der Waals surface area contributed by atoms with E-state index in [0.29, 0.717) is 33.2 Å².